The first-order valence-corrected chi connectivity index (χ1v) is 11.0. The maximum atomic E-state index is 13.3. The number of carbonyl (C=O) groups excluding carboxylic acids is 2. The molecular formula is C26H19ClF3NO6. The van der Waals surface area contributed by atoms with Crippen LogP contribution in [0.25, 0.3) is 5.76 Å². The minimum absolute atomic E-state index is 0.00745. The van der Waals surface area contributed by atoms with Gasteiger partial charge >= 0.3 is 6.18 Å². The van der Waals surface area contributed by atoms with E-state index in [1.165, 1.54) is 50.6 Å². The number of anilines is 1. The maximum Gasteiger partial charge on any atom is 0.416 e. The van der Waals surface area contributed by atoms with E-state index in [1.54, 1.807) is 0 Å². The molecule has 1 heterocycles. The topological polar surface area (TPSA) is 96.3 Å². The van der Waals surface area contributed by atoms with Gasteiger partial charge in [0.25, 0.3) is 11.7 Å². The Labute approximate surface area is 213 Å². The number of ketones is 1. The Balaban J connectivity index is 1.95. The van der Waals surface area contributed by atoms with Gasteiger partial charge in [0.05, 0.1) is 42.0 Å². The van der Waals surface area contributed by atoms with E-state index in [-0.39, 0.29) is 39.1 Å². The molecule has 0 saturated carbocycles. The summed E-state index contributed by atoms with van der Waals surface area (Å²) in [5, 5.41) is 21.1. The van der Waals surface area contributed by atoms with Crippen molar-refractivity contribution in [3.8, 4) is 17.2 Å². The molecule has 1 unspecified atom stereocenters. The third-order valence-corrected chi connectivity index (χ3v) is 6.15. The number of alkyl halides is 3. The molecule has 2 N–H and O–H groups in total. The van der Waals surface area contributed by atoms with E-state index in [9.17, 15) is 33.0 Å². The van der Waals surface area contributed by atoms with Crippen molar-refractivity contribution in [2.24, 2.45) is 0 Å². The van der Waals surface area contributed by atoms with Crippen LogP contribution >= 0.6 is 11.6 Å². The number of Topliss-reactive ketones (excluding diaryl/α,β-unsaturated/α-hetero) is 1. The lowest BCUT2D eigenvalue weighted by Gasteiger charge is -2.26. The Bertz CT molecular complexity index is 1400. The SMILES string of the molecule is COc1cc(OC)c(/C(O)=C2\C(=O)C(=O)N(c3ccc(C(F)(F)F)cc3)C2c2ccc(O)cc2)cc1Cl. The van der Waals surface area contributed by atoms with Crippen LogP contribution < -0.4 is 14.4 Å². The fraction of sp³-hybridized carbons (Fsp3) is 0.154. The molecule has 1 saturated heterocycles. The molecule has 192 valence electrons. The molecule has 1 fully saturated rings. The summed E-state index contributed by atoms with van der Waals surface area (Å²) >= 11 is 6.23. The lowest BCUT2D eigenvalue weighted by atomic mass is 9.94. The van der Waals surface area contributed by atoms with E-state index in [1.807, 2.05) is 0 Å². The highest BCUT2D eigenvalue weighted by Gasteiger charge is 2.47. The number of methoxy groups -OCH3 is 2. The fourth-order valence-corrected chi connectivity index (χ4v) is 4.31. The van der Waals surface area contributed by atoms with Crippen LogP contribution in [-0.4, -0.2) is 36.1 Å². The lowest BCUT2D eigenvalue weighted by molar-refractivity contribution is -0.137. The summed E-state index contributed by atoms with van der Waals surface area (Å²) < 4.78 is 49.8. The third kappa shape index (κ3) is 4.67. The van der Waals surface area contributed by atoms with Crippen LogP contribution in [0.5, 0.6) is 17.2 Å². The van der Waals surface area contributed by atoms with E-state index in [0.717, 1.165) is 29.2 Å². The number of phenolic OH excluding ortho intramolecular Hbond substituents is 1. The smallest absolute Gasteiger partial charge is 0.416 e. The number of rotatable bonds is 5. The predicted molar refractivity (Wildman–Crippen MR) is 129 cm³/mol. The van der Waals surface area contributed by atoms with Crippen molar-refractivity contribution >= 4 is 34.7 Å². The molecule has 3 aromatic carbocycles. The van der Waals surface area contributed by atoms with E-state index in [2.05, 4.69) is 0 Å². The molecule has 0 bridgehead atoms. The van der Waals surface area contributed by atoms with Gasteiger partial charge in [-0.05, 0) is 48.0 Å². The van der Waals surface area contributed by atoms with Crippen molar-refractivity contribution in [2.45, 2.75) is 12.2 Å². The molecule has 37 heavy (non-hydrogen) atoms. The van der Waals surface area contributed by atoms with Crippen molar-refractivity contribution in [3.05, 3.63) is 87.9 Å². The Hall–Kier alpha value is -4.18. The molecule has 0 aromatic heterocycles. The van der Waals surface area contributed by atoms with Gasteiger partial charge in [0, 0.05) is 11.8 Å². The Morgan fingerprint density at radius 2 is 1.54 bits per heavy atom. The Morgan fingerprint density at radius 1 is 0.946 bits per heavy atom. The summed E-state index contributed by atoms with van der Waals surface area (Å²) in [7, 11) is 2.69. The first-order chi connectivity index (χ1) is 17.5. The second kappa shape index (κ2) is 9.70. The number of aromatic hydroxyl groups is 1. The van der Waals surface area contributed by atoms with Gasteiger partial charge in [-0.25, -0.2) is 0 Å². The minimum Gasteiger partial charge on any atom is -0.508 e. The highest BCUT2D eigenvalue weighted by molar-refractivity contribution is 6.51. The fourth-order valence-electron chi connectivity index (χ4n) is 4.07. The highest BCUT2D eigenvalue weighted by Crippen LogP contribution is 2.45. The standard InChI is InChI=1S/C26H19ClF3NO6/c1-36-19-12-20(37-2)18(27)11-17(19)23(33)21-22(13-3-9-16(32)10-4-13)31(25(35)24(21)34)15-7-5-14(6-8-15)26(28,29)30/h3-12,22,32-33H,1-2H3/b23-21+. The van der Waals surface area contributed by atoms with Gasteiger partial charge in [0.15, 0.2) is 0 Å². The van der Waals surface area contributed by atoms with Crippen LogP contribution in [-0.2, 0) is 15.8 Å². The van der Waals surface area contributed by atoms with E-state index >= 15 is 0 Å². The number of phenols is 1. The van der Waals surface area contributed by atoms with Gasteiger partial charge < -0.3 is 19.7 Å². The van der Waals surface area contributed by atoms with Crippen LogP contribution in [0.4, 0.5) is 18.9 Å². The average molecular weight is 534 g/mol. The number of ether oxygens (including phenoxy) is 2. The molecule has 0 radical (unpaired) electrons. The van der Waals surface area contributed by atoms with Crippen molar-refractivity contribution in [1.82, 2.24) is 0 Å². The summed E-state index contributed by atoms with van der Waals surface area (Å²) in [5.74, 6) is -2.55. The van der Waals surface area contributed by atoms with Crippen LogP contribution in [0.2, 0.25) is 5.02 Å². The first kappa shape index (κ1) is 25.9. The van der Waals surface area contributed by atoms with Crippen LogP contribution in [0.15, 0.2) is 66.2 Å². The number of hydrogen-bond acceptors (Lipinski definition) is 6. The number of amides is 1. The Kier molecular flexibility index (Phi) is 6.79. The largest absolute Gasteiger partial charge is 0.508 e. The molecule has 3 aromatic rings. The number of aliphatic hydroxyl groups excluding tert-OH is 1. The number of carbonyl (C=O) groups is 2. The zero-order valence-electron chi connectivity index (χ0n) is 19.3. The zero-order valence-corrected chi connectivity index (χ0v) is 20.1. The Morgan fingerprint density at radius 3 is 2.08 bits per heavy atom. The number of nitrogens with zero attached hydrogens (tertiary/aromatic N) is 1. The maximum absolute atomic E-state index is 13.3. The molecule has 0 aliphatic carbocycles. The zero-order chi connectivity index (χ0) is 27.1. The number of halogens is 4. The quantitative estimate of drug-likeness (QED) is 0.248. The van der Waals surface area contributed by atoms with Crippen molar-refractivity contribution in [1.29, 1.82) is 0 Å². The lowest BCUT2D eigenvalue weighted by Crippen LogP contribution is -2.29. The normalized spacial score (nSPS) is 17.2. The van der Waals surface area contributed by atoms with Crippen LogP contribution in [0.1, 0.15) is 22.7 Å². The molecule has 1 atom stereocenters. The summed E-state index contributed by atoms with van der Waals surface area (Å²) in [6, 6.07) is 10.6. The average Bonchev–Trinajstić information content (AvgIpc) is 3.13. The first-order valence-electron chi connectivity index (χ1n) is 10.7. The van der Waals surface area contributed by atoms with E-state index in [4.69, 9.17) is 21.1 Å². The molecule has 1 aliphatic rings. The number of hydrogen-bond donors (Lipinski definition) is 2. The second-order valence-corrected chi connectivity index (χ2v) is 8.40. The van der Waals surface area contributed by atoms with Crippen LogP contribution in [0, 0.1) is 0 Å². The number of benzene rings is 3. The van der Waals surface area contributed by atoms with Crippen molar-refractivity contribution in [2.75, 3.05) is 19.1 Å². The summed E-state index contributed by atoms with van der Waals surface area (Å²) in [6.45, 7) is 0. The second-order valence-electron chi connectivity index (χ2n) is 7.99. The van der Waals surface area contributed by atoms with Crippen LogP contribution in [0.3, 0.4) is 0 Å². The molecular weight excluding hydrogens is 515 g/mol. The minimum atomic E-state index is -4.60. The van der Waals surface area contributed by atoms with Crippen molar-refractivity contribution < 1.29 is 42.4 Å². The molecule has 4 rings (SSSR count). The van der Waals surface area contributed by atoms with E-state index < -0.39 is 35.2 Å². The third-order valence-electron chi connectivity index (χ3n) is 5.86. The summed E-state index contributed by atoms with van der Waals surface area (Å²) in [4.78, 5) is 27.4. The monoisotopic (exact) mass is 533 g/mol. The molecule has 11 heteroatoms. The summed E-state index contributed by atoms with van der Waals surface area (Å²) in [5.41, 5.74) is -1.01. The van der Waals surface area contributed by atoms with Gasteiger partial charge in [-0.3, -0.25) is 14.5 Å². The molecule has 7 nitrogen and oxygen atoms in total. The van der Waals surface area contributed by atoms with Gasteiger partial charge in [0.1, 0.15) is 23.0 Å². The molecule has 0 spiro atoms. The number of aliphatic hydroxyl groups is 1. The van der Waals surface area contributed by atoms with Gasteiger partial charge in [-0.1, -0.05) is 23.7 Å². The van der Waals surface area contributed by atoms with Gasteiger partial charge in [-0.15, -0.1) is 0 Å². The molecule has 1 amide bonds. The highest BCUT2D eigenvalue weighted by atomic mass is 35.5. The summed E-state index contributed by atoms with van der Waals surface area (Å²) in [6.07, 6.45) is -4.60. The van der Waals surface area contributed by atoms with Gasteiger partial charge in [-0.2, -0.15) is 13.2 Å². The van der Waals surface area contributed by atoms with Gasteiger partial charge in [0.2, 0.25) is 0 Å². The molecule has 1 aliphatic heterocycles. The van der Waals surface area contributed by atoms with Crippen molar-refractivity contribution in [3.63, 3.8) is 0 Å². The van der Waals surface area contributed by atoms with E-state index in [0.29, 0.717) is 5.56 Å². The predicted octanol–water partition coefficient (Wildman–Crippen LogP) is 5.71.